The largest absolute Gasteiger partial charge is 0.397 e. The Hall–Kier alpha value is -1.71. The number of anilines is 3. The van der Waals surface area contributed by atoms with E-state index in [-0.39, 0.29) is 5.91 Å². The standard InChI is InChI=1S/C17H25N3O/c1-2-11-3-6-13(7-4-11)19-16-9-12-5-8-17(21)20-15(12)10-14(16)18/h9-11,13,19H,2-8,18H2,1H3,(H,20,21). The molecule has 1 aromatic rings. The van der Waals surface area contributed by atoms with Gasteiger partial charge in [0.05, 0.1) is 11.4 Å². The molecule has 0 unspecified atom stereocenters. The van der Waals surface area contributed by atoms with E-state index in [1.54, 1.807) is 0 Å². The maximum absolute atomic E-state index is 11.4. The highest BCUT2D eigenvalue weighted by molar-refractivity contribution is 5.95. The van der Waals surface area contributed by atoms with Crippen LogP contribution < -0.4 is 16.4 Å². The van der Waals surface area contributed by atoms with Crippen LogP contribution >= 0.6 is 0 Å². The Morgan fingerprint density at radius 3 is 2.71 bits per heavy atom. The van der Waals surface area contributed by atoms with Gasteiger partial charge in [-0.05, 0) is 55.7 Å². The molecule has 1 heterocycles. The molecule has 21 heavy (non-hydrogen) atoms. The Labute approximate surface area is 126 Å². The first-order valence-corrected chi connectivity index (χ1v) is 8.14. The van der Waals surface area contributed by atoms with E-state index in [0.717, 1.165) is 29.4 Å². The third-order valence-corrected chi connectivity index (χ3v) is 4.95. The van der Waals surface area contributed by atoms with Gasteiger partial charge in [-0.2, -0.15) is 0 Å². The second-order valence-electron chi connectivity index (χ2n) is 6.42. The molecule has 0 saturated heterocycles. The highest BCUT2D eigenvalue weighted by Crippen LogP contribution is 2.34. The second-order valence-corrected chi connectivity index (χ2v) is 6.42. The fourth-order valence-corrected chi connectivity index (χ4v) is 3.51. The number of benzene rings is 1. The number of rotatable bonds is 3. The van der Waals surface area contributed by atoms with Crippen molar-refractivity contribution >= 4 is 23.0 Å². The first kappa shape index (κ1) is 14.2. The van der Waals surface area contributed by atoms with Crippen LogP contribution in [0.5, 0.6) is 0 Å². The monoisotopic (exact) mass is 287 g/mol. The molecule has 3 rings (SSSR count). The third kappa shape index (κ3) is 3.14. The zero-order chi connectivity index (χ0) is 14.8. The van der Waals surface area contributed by atoms with Crippen LogP contribution in [0.15, 0.2) is 12.1 Å². The molecule has 2 aliphatic rings. The number of carbonyl (C=O) groups excluding carboxylic acids is 1. The highest BCUT2D eigenvalue weighted by atomic mass is 16.1. The van der Waals surface area contributed by atoms with Crippen molar-refractivity contribution in [3.8, 4) is 0 Å². The number of amides is 1. The lowest BCUT2D eigenvalue weighted by Crippen LogP contribution is -2.26. The molecular formula is C17H25N3O. The summed E-state index contributed by atoms with van der Waals surface area (Å²) >= 11 is 0. The van der Waals surface area contributed by atoms with Gasteiger partial charge in [0.25, 0.3) is 0 Å². The van der Waals surface area contributed by atoms with Crippen LogP contribution in [0.3, 0.4) is 0 Å². The van der Waals surface area contributed by atoms with Crippen molar-refractivity contribution in [2.75, 3.05) is 16.4 Å². The Bertz CT molecular complexity index is 533. The van der Waals surface area contributed by atoms with Crippen molar-refractivity contribution in [1.29, 1.82) is 0 Å². The SMILES string of the molecule is CCC1CCC(Nc2cc3c(cc2N)NC(=O)CC3)CC1. The molecule has 0 bridgehead atoms. The molecule has 1 aliphatic heterocycles. The van der Waals surface area contributed by atoms with Crippen LogP contribution in [0.1, 0.15) is 51.0 Å². The van der Waals surface area contributed by atoms with Gasteiger partial charge in [-0.15, -0.1) is 0 Å². The van der Waals surface area contributed by atoms with E-state index >= 15 is 0 Å². The molecule has 0 radical (unpaired) electrons. The number of nitrogen functional groups attached to an aromatic ring is 1. The molecule has 0 aromatic heterocycles. The second kappa shape index (κ2) is 5.96. The van der Waals surface area contributed by atoms with Gasteiger partial charge in [-0.25, -0.2) is 0 Å². The zero-order valence-electron chi connectivity index (χ0n) is 12.7. The maximum Gasteiger partial charge on any atom is 0.224 e. The minimum atomic E-state index is 0.0838. The first-order chi connectivity index (χ1) is 10.2. The van der Waals surface area contributed by atoms with E-state index in [1.807, 2.05) is 6.07 Å². The first-order valence-electron chi connectivity index (χ1n) is 8.14. The predicted octanol–water partition coefficient (Wildman–Crippen LogP) is 3.53. The molecule has 1 saturated carbocycles. The fraction of sp³-hybridized carbons (Fsp3) is 0.588. The van der Waals surface area contributed by atoms with Crippen molar-refractivity contribution < 1.29 is 4.79 Å². The summed E-state index contributed by atoms with van der Waals surface area (Å²) in [5.41, 5.74) is 9.98. The smallest absolute Gasteiger partial charge is 0.224 e. The molecule has 4 heteroatoms. The Balaban J connectivity index is 1.70. The van der Waals surface area contributed by atoms with Crippen LogP contribution in [0.4, 0.5) is 17.1 Å². The summed E-state index contributed by atoms with van der Waals surface area (Å²) in [6.07, 6.45) is 7.76. The quantitative estimate of drug-likeness (QED) is 0.745. The molecule has 1 aromatic carbocycles. The van der Waals surface area contributed by atoms with Gasteiger partial charge >= 0.3 is 0 Å². The Kier molecular flexibility index (Phi) is 4.04. The molecule has 1 amide bonds. The van der Waals surface area contributed by atoms with Crippen LogP contribution in [-0.2, 0) is 11.2 Å². The number of nitrogens with two attached hydrogens (primary N) is 1. The summed E-state index contributed by atoms with van der Waals surface area (Å²) in [6, 6.07) is 4.55. The summed E-state index contributed by atoms with van der Waals surface area (Å²) in [4.78, 5) is 11.4. The van der Waals surface area contributed by atoms with E-state index < -0.39 is 0 Å². The zero-order valence-corrected chi connectivity index (χ0v) is 12.7. The highest BCUT2D eigenvalue weighted by Gasteiger charge is 2.22. The van der Waals surface area contributed by atoms with Crippen LogP contribution in [0.2, 0.25) is 0 Å². The van der Waals surface area contributed by atoms with Crippen LogP contribution in [0.25, 0.3) is 0 Å². The van der Waals surface area contributed by atoms with Gasteiger partial charge < -0.3 is 16.4 Å². The number of hydrogen-bond donors (Lipinski definition) is 3. The lowest BCUT2D eigenvalue weighted by atomic mass is 9.84. The van der Waals surface area contributed by atoms with Gasteiger partial charge in [0, 0.05) is 18.2 Å². The van der Waals surface area contributed by atoms with Crippen molar-refractivity contribution in [1.82, 2.24) is 0 Å². The Morgan fingerprint density at radius 2 is 2.00 bits per heavy atom. The molecule has 4 N–H and O–H groups in total. The number of carbonyl (C=O) groups is 1. The fourth-order valence-electron chi connectivity index (χ4n) is 3.51. The average Bonchev–Trinajstić information content (AvgIpc) is 2.49. The van der Waals surface area contributed by atoms with E-state index in [9.17, 15) is 4.79 Å². The normalized spacial score (nSPS) is 25.1. The molecule has 0 atom stereocenters. The molecule has 4 nitrogen and oxygen atoms in total. The van der Waals surface area contributed by atoms with E-state index in [2.05, 4.69) is 23.6 Å². The number of hydrogen-bond acceptors (Lipinski definition) is 3. The van der Waals surface area contributed by atoms with Crippen molar-refractivity contribution in [2.24, 2.45) is 5.92 Å². The minimum absolute atomic E-state index is 0.0838. The summed E-state index contributed by atoms with van der Waals surface area (Å²) < 4.78 is 0. The Morgan fingerprint density at radius 1 is 1.24 bits per heavy atom. The summed E-state index contributed by atoms with van der Waals surface area (Å²) in [5.74, 6) is 0.986. The molecule has 1 fully saturated rings. The van der Waals surface area contributed by atoms with Gasteiger partial charge in [-0.3, -0.25) is 4.79 Å². The van der Waals surface area contributed by atoms with Crippen LogP contribution in [0, 0.1) is 5.92 Å². The third-order valence-electron chi connectivity index (χ3n) is 4.95. The number of nitrogens with one attached hydrogen (secondary N) is 2. The lowest BCUT2D eigenvalue weighted by Gasteiger charge is -2.30. The van der Waals surface area contributed by atoms with Gasteiger partial charge in [0.2, 0.25) is 5.91 Å². The van der Waals surface area contributed by atoms with Crippen LogP contribution in [-0.4, -0.2) is 11.9 Å². The summed E-state index contributed by atoms with van der Waals surface area (Å²) in [6.45, 7) is 2.29. The van der Waals surface area contributed by atoms with Crippen molar-refractivity contribution in [2.45, 2.75) is 57.9 Å². The summed E-state index contributed by atoms with van der Waals surface area (Å²) in [7, 11) is 0. The predicted molar refractivity (Wildman–Crippen MR) is 87.5 cm³/mol. The van der Waals surface area contributed by atoms with Crippen molar-refractivity contribution in [3.63, 3.8) is 0 Å². The van der Waals surface area contributed by atoms with Gasteiger partial charge in [-0.1, -0.05) is 13.3 Å². The maximum atomic E-state index is 11.4. The van der Waals surface area contributed by atoms with Gasteiger partial charge in [0.15, 0.2) is 0 Å². The lowest BCUT2D eigenvalue weighted by molar-refractivity contribution is -0.116. The van der Waals surface area contributed by atoms with Gasteiger partial charge in [0.1, 0.15) is 0 Å². The van der Waals surface area contributed by atoms with E-state index in [4.69, 9.17) is 5.73 Å². The number of aryl methyl sites for hydroxylation is 1. The number of fused-ring (bicyclic) bond motifs is 1. The average molecular weight is 287 g/mol. The summed E-state index contributed by atoms with van der Waals surface area (Å²) in [5, 5.41) is 6.52. The molecule has 0 spiro atoms. The topological polar surface area (TPSA) is 67.2 Å². The van der Waals surface area contributed by atoms with E-state index in [1.165, 1.54) is 37.7 Å². The van der Waals surface area contributed by atoms with E-state index in [0.29, 0.717) is 12.5 Å². The molecular weight excluding hydrogens is 262 g/mol. The molecule has 1 aliphatic carbocycles. The minimum Gasteiger partial charge on any atom is -0.397 e. The van der Waals surface area contributed by atoms with Crippen molar-refractivity contribution in [3.05, 3.63) is 17.7 Å². The molecule has 114 valence electrons.